The number of aryl methyl sites for hydroxylation is 1. The molecule has 0 unspecified atom stereocenters. The Labute approximate surface area is 194 Å². The second kappa shape index (κ2) is 8.34. The molecular weight excluding hydrogens is 412 g/mol. The summed E-state index contributed by atoms with van der Waals surface area (Å²) >= 11 is 0. The second-order valence-corrected chi connectivity index (χ2v) is 9.48. The molecule has 1 amide bonds. The highest BCUT2D eigenvalue weighted by Crippen LogP contribution is 2.29. The van der Waals surface area contributed by atoms with Crippen molar-refractivity contribution in [3.05, 3.63) is 76.1 Å². The van der Waals surface area contributed by atoms with E-state index >= 15 is 0 Å². The molecule has 170 valence electrons. The van der Waals surface area contributed by atoms with Crippen LogP contribution >= 0.6 is 0 Å². The summed E-state index contributed by atoms with van der Waals surface area (Å²) in [4.78, 5) is 17.9. The number of hydrogen-bond acceptors (Lipinski definition) is 4. The second-order valence-electron chi connectivity index (χ2n) is 9.48. The van der Waals surface area contributed by atoms with Gasteiger partial charge in [-0.2, -0.15) is 5.10 Å². The van der Waals surface area contributed by atoms with Crippen LogP contribution in [0.5, 0.6) is 5.75 Å². The van der Waals surface area contributed by atoms with Crippen LogP contribution in [0.25, 0.3) is 5.69 Å². The van der Waals surface area contributed by atoms with Crippen molar-refractivity contribution in [2.75, 3.05) is 32.8 Å². The summed E-state index contributed by atoms with van der Waals surface area (Å²) in [6.07, 6.45) is 4.04. The molecular formula is C27H30N4O2. The topological polar surface area (TPSA) is 50.6 Å². The smallest absolute Gasteiger partial charge is 0.274 e. The van der Waals surface area contributed by atoms with Gasteiger partial charge in [0.25, 0.3) is 5.91 Å². The molecule has 1 saturated heterocycles. The molecule has 1 aliphatic carbocycles. The van der Waals surface area contributed by atoms with Crippen molar-refractivity contribution in [2.45, 2.75) is 39.2 Å². The van der Waals surface area contributed by atoms with Gasteiger partial charge < -0.3 is 9.64 Å². The van der Waals surface area contributed by atoms with E-state index in [1.165, 1.54) is 22.4 Å². The Balaban J connectivity index is 1.15. The van der Waals surface area contributed by atoms with Gasteiger partial charge in [0, 0.05) is 50.4 Å². The Hall–Kier alpha value is -3.12. The van der Waals surface area contributed by atoms with Crippen LogP contribution in [-0.2, 0) is 25.8 Å². The third kappa shape index (κ3) is 3.82. The Morgan fingerprint density at radius 3 is 2.64 bits per heavy atom. The number of carbonyl (C=O) groups is 1. The van der Waals surface area contributed by atoms with E-state index in [0.29, 0.717) is 5.69 Å². The van der Waals surface area contributed by atoms with Gasteiger partial charge in [-0.05, 0) is 55.5 Å². The lowest BCUT2D eigenvalue weighted by molar-refractivity contribution is 0.0621. The highest BCUT2D eigenvalue weighted by molar-refractivity contribution is 5.94. The van der Waals surface area contributed by atoms with Crippen LogP contribution < -0.4 is 4.74 Å². The summed E-state index contributed by atoms with van der Waals surface area (Å²) in [5.74, 6) is 1.13. The number of ether oxygens (including phenoxy) is 1. The van der Waals surface area contributed by atoms with Gasteiger partial charge in [-0.1, -0.05) is 29.8 Å². The molecule has 6 heteroatoms. The van der Waals surface area contributed by atoms with Crippen molar-refractivity contribution in [3.63, 3.8) is 0 Å². The maximum Gasteiger partial charge on any atom is 0.274 e. The number of rotatable bonds is 4. The van der Waals surface area contributed by atoms with Gasteiger partial charge in [-0.25, -0.2) is 4.68 Å². The zero-order chi connectivity index (χ0) is 22.4. The van der Waals surface area contributed by atoms with Crippen LogP contribution in [0.15, 0.2) is 42.5 Å². The fourth-order valence-electron chi connectivity index (χ4n) is 5.36. The van der Waals surface area contributed by atoms with E-state index in [1.807, 2.05) is 9.58 Å². The lowest BCUT2D eigenvalue weighted by atomic mass is 10.1. The normalized spacial score (nSPS) is 17.7. The van der Waals surface area contributed by atoms with Gasteiger partial charge in [0.15, 0.2) is 5.69 Å². The molecule has 3 heterocycles. The van der Waals surface area contributed by atoms with E-state index < -0.39 is 0 Å². The van der Waals surface area contributed by atoms with E-state index in [1.54, 1.807) is 0 Å². The molecule has 1 fully saturated rings. The Bertz CT molecular complexity index is 1190. The first-order chi connectivity index (χ1) is 16.2. The van der Waals surface area contributed by atoms with Crippen LogP contribution in [0.1, 0.15) is 44.9 Å². The maximum atomic E-state index is 13.5. The lowest BCUT2D eigenvalue weighted by Crippen LogP contribution is -2.48. The zero-order valence-corrected chi connectivity index (χ0v) is 19.2. The molecule has 2 aliphatic heterocycles. The lowest BCUT2D eigenvalue weighted by Gasteiger charge is -2.34. The third-order valence-corrected chi connectivity index (χ3v) is 7.23. The molecule has 2 aromatic carbocycles. The minimum Gasteiger partial charge on any atom is -0.493 e. The van der Waals surface area contributed by atoms with Crippen molar-refractivity contribution >= 4 is 5.91 Å². The van der Waals surface area contributed by atoms with Crippen LogP contribution in [0.2, 0.25) is 0 Å². The average molecular weight is 443 g/mol. The summed E-state index contributed by atoms with van der Waals surface area (Å²) in [7, 11) is 0. The monoisotopic (exact) mass is 442 g/mol. The SMILES string of the molecule is Cc1ccc(-n2nc(C(=O)N3CCN(Cc4ccc5c(c4)CCO5)CC3)c3c2CCC3)cc1. The fourth-order valence-corrected chi connectivity index (χ4v) is 5.36. The van der Waals surface area contributed by atoms with E-state index in [-0.39, 0.29) is 5.91 Å². The summed E-state index contributed by atoms with van der Waals surface area (Å²) in [5, 5.41) is 4.83. The van der Waals surface area contributed by atoms with Gasteiger partial charge in [0.1, 0.15) is 5.75 Å². The quantitative estimate of drug-likeness (QED) is 0.620. The van der Waals surface area contributed by atoms with Crippen molar-refractivity contribution in [1.29, 1.82) is 0 Å². The number of aromatic nitrogens is 2. The Kier molecular flexibility index (Phi) is 5.18. The minimum atomic E-state index is 0.0911. The summed E-state index contributed by atoms with van der Waals surface area (Å²) in [6, 6.07) is 14.9. The van der Waals surface area contributed by atoms with E-state index in [0.717, 1.165) is 82.0 Å². The van der Waals surface area contributed by atoms with E-state index in [9.17, 15) is 4.79 Å². The molecule has 6 nitrogen and oxygen atoms in total. The number of nitrogens with zero attached hydrogens (tertiary/aromatic N) is 4. The predicted molar refractivity (Wildman–Crippen MR) is 127 cm³/mol. The van der Waals surface area contributed by atoms with Crippen LogP contribution in [-0.4, -0.2) is 58.3 Å². The first kappa shape index (κ1) is 20.5. The summed E-state index contributed by atoms with van der Waals surface area (Å²) < 4.78 is 7.63. The molecule has 3 aromatic rings. The summed E-state index contributed by atoms with van der Waals surface area (Å²) in [5.41, 5.74) is 7.94. The van der Waals surface area contributed by atoms with Crippen LogP contribution in [0.3, 0.4) is 0 Å². The molecule has 6 rings (SSSR count). The molecule has 0 radical (unpaired) electrons. The molecule has 3 aliphatic rings. The van der Waals surface area contributed by atoms with Crippen molar-refractivity contribution < 1.29 is 9.53 Å². The molecule has 1 aromatic heterocycles. The highest BCUT2D eigenvalue weighted by atomic mass is 16.5. The fraction of sp³-hybridized carbons (Fsp3) is 0.407. The van der Waals surface area contributed by atoms with Gasteiger partial charge in [-0.15, -0.1) is 0 Å². The number of fused-ring (bicyclic) bond motifs is 2. The van der Waals surface area contributed by atoms with Crippen molar-refractivity contribution in [2.24, 2.45) is 0 Å². The molecule has 0 spiro atoms. The minimum absolute atomic E-state index is 0.0911. The molecule has 0 N–H and O–H groups in total. The third-order valence-electron chi connectivity index (χ3n) is 7.23. The molecule has 0 atom stereocenters. The number of amides is 1. The first-order valence-corrected chi connectivity index (χ1v) is 12.1. The first-order valence-electron chi connectivity index (χ1n) is 12.1. The number of piperazine rings is 1. The number of benzene rings is 2. The van der Waals surface area contributed by atoms with E-state index in [2.05, 4.69) is 54.3 Å². The van der Waals surface area contributed by atoms with Crippen molar-refractivity contribution in [3.8, 4) is 11.4 Å². The maximum absolute atomic E-state index is 13.5. The van der Waals surface area contributed by atoms with Gasteiger partial charge in [0.2, 0.25) is 0 Å². The average Bonchev–Trinajstić information content (AvgIpc) is 3.56. The highest BCUT2D eigenvalue weighted by Gasteiger charge is 2.31. The van der Waals surface area contributed by atoms with Crippen LogP contribution in [0.4, 0.5) is 0 Å². The number of hydrogen-bond donors (Lipinski definition) is 0. The van der Waals surface area contributed by atoms with Crippen LogP contribution in [0, 0.1) is 6.92 Å². The number of carbonyl (C=O) groups excluding carboxylic acids is 1. The Morgan fingerprint density at radius 2 is 1.82 bits per heavy atom. The van der Waals surface area contributed by atoms with E-state index in [4.69, 9.17) is 9.84 Å². The zero-order valence-electron chi connectivity index (χ0n) is 19.2. The standard InChI is InChI=1S/C27H30N4O2/c1-19-5-8-22(9-6-19)31-24-4-2-3-23(24)26(28-31)27(32)30-14-12-29(13-15-30)18-20-7-10-25-21(17-20)11-16-33-25/h5-10,17H,2-4,11-16,18H2,1H3. The van der Waals surface area contributed by atoms with Gasteiger partial charge in [0.05, 0.1) is 12.3 Å². The molecule has 0 bridgehead atoms. The summed E-state index contributed by atoms with van der Waals surface area (Å²) in [6.45, 7) is 7.08. The molecule has 33 heavy (non-hydrogen) atoms. The predicted octanol–water partition coefficient (Wildman–Crippen LogP) is 3.56. The molecule has 0 saturated carbocycles. The Morgan fingerprint density at radius 1 is 1.00 bits per heavy atom. The largest absolute Gasteiger partial charge is 0.493 e. The van der Waals surface area contributed by atoms with Gasteiger partial charge >= 0.3 is 0 Å². The van der Waals surface area contributed by atoms with Crippen molar-refractivity contribution in [1.82, 2.24) is 19.6 Å². The van der Waals surface area contributed by atoms with Gasteiger partial charge in [-0.3, -0.25) is 9.69 Å².